The van der Waals surface area contributed by atoms with Gasteiger partial charge in [0, 0.05) is 31.7 Å². The van der Waals surface area contributed by atoms with Crippen molar-refractivity contribution in [1.29, 1.82) is 0 Å². The highest BCUT2D eigenvalue weighted by atomic mass is 16.6. The first kappa shape index (κ1) is 14.8. The van der Waals surface area contributed by atoms with E-state index in [1.807, 2.05) is 43.3 Å². The molecule has 0 radical (unpaired) electrons. The summed E-state index contributed by atoms with van der Waals surface area (Å²) in [5.74, 6) is 0.0274. The van der Waals surface area contributed by atoms with E-state index < -0.39 is 0 Å². The number of benzene rings is 1. The Labute approximate surface area is 130 Å². The summed E-state index contributed by atoms with van der Waals surface area (Å²) in [4.78, 5) is 29.8. The number of rotatable bonds is 3. The number of piperazine rings is 1. The average molecular weight is 303 g/mol. The topological polar surface area (TPSA) is 53.1 Å². The van der Waals surface area contributed by atoms with Crippen LogP contribution in [0.4, 0.5) is 4.79 Å². The first-order chi connectivity index (χ1) is 10.5. The van der Waals surface area contributed by atoms with Crippen LogP contribution in [0.1, 0.15) is 15.9 Å². The minimum absolute atomic E-state index is 0.00448. The molecule has 0 spiro atoms. The van der Waals surface area contributed by atoms with Gasteiger partial charge in [-0.15, -0.1) is 0 Å². The molecule has 0 aromatic heterocycles. The quantitative estimate of drug-likeness (QED) is 0.837. The van der Waals surface area contributed by atoms with Crippen LogP contribution >= 0.6 is 0 Å². The molecule has 0 N–H and O–H groups in total. The van der Waals surface area contributed by atoms with Crippen LogP contribution in [0.5, 0.6) is 0 Å². The number of hydrogen-bond acceptors (Lipinski definition) is 4. The summed E-state index contributed by atoms with van der Waals surface area (Å²) < 4.78 is 5.04. The molecule has 2 amide bonds. The van der Waals surface area contributed by atoms with Crippen molar-refractivity contribution >= 4 is 12.0 Å². The lowest BCUT2D eigenvalue weighted by Gasteiger charge is -2.35. The van der Waals surface area contributed by atoms with Crippen molar-refractivity contribution in [2.45, 2.75) is 12.6 Å². The van der Waals surface area contributed by atoms with Crippen LogP contribution in [0.2, 0.25) is 0 Å². The molecule has 6 heteroatoms. The predicted molar refractivity (Wildman–Crippen MR) is 81.6 cm³/mol. The van der Waals surface area contributed by atoms with E-state index in [2.05, 4.69) is 4.90 Å². The zero-order valence-electron chi connectivity index (χ0n) is 13.0. The molecule has 0 aliphatic carbocycles. The van der Waals surface area contributed by atoms with Gasteiger partial charge in [-0.3, -0.25) is 9.69 Å². The van der Waals surface area contributed by atoms with Crippen molar-refractivity contribution in [2.24, 2.45) is 0 Å². The van der Waals surface area contributed by atoms with Crippen LogP contribution in [-0.2, 0) is 11.3 Å². The standard InChI is InChI=1S/C16H21N3O3/c1-17(2)9-12-4-3-5-13(8-12)15(20)18-6-7-19-14(10-18)11-22-16(19)21/h3-5,8,14H,6-7,9-11H2,1-2H3/t14-/m0/s1. The van der Waals surface area contributed by atoms with Crippen LogP contribution in [0.25, 0.3) is 0 Å². The second-order valence-electron chi connectivity index (χ2n) is 6.11. The molecule has 1 aromatic rings. The molecule has 22 heavy (non-hydrogen) atoms. The Bertz CT molecular complexity index is 588. The van der Waals surface area contributed by atoms with Crippen LogP contribution in [-0.4, -0.2) is 73.1 Å². The van der Waals surface area contributed by atoms with Gasteiger partial charge in [0.25, 0.3) is 5.91 Å². The number of carbonyl (C=O) groups is 2. The Balaban J connectivity index is 1.70. The first-order valence-corrected chi connectivity index (χ1v) is 7.51. The van der Waals surface area contributed by atoms with Crippen LogP contribution in [0, 0.1) is 0 Å². The van der Waals surface area contributed by atoms with Gasteiger partial charge in [-0.1, -0.05) is 12.1 Å². The third-order valence-corrected chi connectivity index (χ3v) is 4.08. The maximum Gasteiger partial charge on any atom is 0.410 e. The molecule has 2 aliphatic rings. The van der Waals surface area contributed by atoms with Gasteiger partial charge in [-0.05, 0) is 31.8 Å². The maximum absolute atomic E-state index is 12.7. The molecule has 2 saturated heterocycles. The smallest absolute Gasteiger partial charge is 0.410 e. The number of hydrogen-bond donors (Lipinski definition) is 0. The lowest BCUT2D eigenvalue weighted by atomic mass is 10.1. The Morgan fingerprint density at radius 2 is 2.18 bits per heavy atom. The maximum atomic E-state index is 12.7. The van der Waals surface area contributed by atoms with Gasteiger partial charge in [-0.25, -0.2) is 4.79 Å². The van der Waals surface area contributed by atoms with E-state index in [4.69, 9.17) is 4.74 Å². The fourth-order valence-electron chi connectivity index (χ4n) is 3.02. The van der Waals surface area contributed by atoms with Crippen molar-refractivity contribution in [3.8, 4) is 0 Å². The van der Waals surface area contributed by atoms with Crippen molar-refractivity contribution in [2.75, 3.05) is 40.3 Å². The second-order valence-corrected chi connectivity index (χ2v) is 6.11. The lowest BCUT2D eigenvalue weighted by molar-refractivity contribution is 0.0617. The van der Waals surface area contributed by atoms with Gasteiger partial charge in [0.05, 0.1) is 6.04 Å². The van der Waals surface area contributed by atoms with Gasteiger partial charge < -0.3 is 14.5 Å². The minimum Gasteiger partial charge on any atom is -0.447 e. The van der Waals surface area contributed by atoms with E-state index in [0.717, 1.165) is 12.1 Å². The van der Waals surface area contributed by atoms with E-state index in [0.29, 0.717) is 31.8 Å². The molecule has 1 atom stereocenters. The molecule has 3 rings (SSSR count). The summed E-state index contributed by atoms with van der Waals surface area (Å²) in [7, 11) is 4.01. The molecule has 0 unspecified atom stereocenters. The second kappa shape index (κ2) is 5.96. The Kier molecular flexibility index (Phi) is 4.02. The summed E-state index contributed by atoms with van der Waals surface area (Å²) >= 11 is 0. The molecule has 118 valence electrons. The highest BCUT2D eigenvalue weighted by Crippen LogP contribution is 2.19. The number of cyclic esters (lactones) is 1. The zero-order valence-corrected chi connectivity index (χ0v) is 13.0. The predicted octanol–water partition coefficient (Wildman–Crippen LogP) is 1.02. The van der Waals surface area contributed by atoms with E-state index in [9.17, 15) is 9.59 Å². The molecule has 1 aromatic carbocycles. The summed E-state index contributed by atoms with van der Waals surface area (Å²) in [6, 6.07) is 7.74. The zero-order chi connectivity index (χ0) is 15.7. The largest absolute Gasteiger partial charge is 0.447 e. The highest BCUT2D eigenvalue weighted by Gasteiger charge is 2.38. The number of nitrogens with zero attached hydrogens (tertiary/aromatic N) is 3. The van der Waals surface area contributed by atoms with Gasteiger partial charge in [-0.2, -0.15) is 0 Å². The van der Waals surface area contributed by atoms with Crippen molar-refractivity contribution < 1.29 is 14.3 Å². The molecule has 2 heterocycles. The van der Waals surface area contributed by atoms with Crippen LogP contribution in [0.3, 0.4) is 0 Å². The lowest BCUT2D eigenvalue weighted by Crippen LogP contribution is -2.53. The summed E-state index contributed by atoms with van der Waals surface area (Å²) in [6.45, 7) is 2.83. The van der Waals surface area contributed by atoms with E-state index >= 15 is 0 Å². The fraction of sp³-hybridized carbons (Fsp3) is 0.500. The van der Waals surface area contributed by atoms with E-state index in [1.54, 1.807) is 4.90 Å². The SMILES string of the molecule is CN(C)Cc1cccc(C(=O)N2CCN3C(=O)OC[C@@H]3C2)c1. The molecular formula is C16H21N3O3. The number of fused-ring (bicyclic) bond motifs is 1. The van der Waals surface area contributed by atoms with Gasteiger partial charge in [0.1, 0.15) is 6.61 Å². The normalized spacial score (nSPS) is 21.0. The molecule has 2 fully saturated rings. The molecule has 0 saturated carbocycles. The van der Waals surface area contributed by atoms with Crippen LogP contribution < -0.4 is 0 Å². The Morgan fingerprint density at radius 1 is 1.36 bits per heavy atom. The molecule has 2 aliphatic heterocycles. The fourth-order valence-corrected chi connectivity index (χ4v) is 3.02. The van der Waals surface area contributed by atoms with Crippen molar-refractivity contribution in [3.05, 3.63) is 35.4 Å². The summed E-state index contributed by atoms with van der Waals surface area (Å²) in [6.07, 6.45) is -0.259. The van der Waals surface area contributed by atoms with Gasteiger partial charge >= 0.3 is 6.09 Å². The van der Waals surface area contributed by atoms with Crippen molar-refractivity contribution in [3.63, 3.8) is 0 Å². The Hall–Kier alpha value is -2.08. The van der Waals surface area contributed by atoms with Crippen LogP contribution in [0.15, 0.2) is 24.3 Å². The van der Waals surface area contributed by atoms with Crippen molar-refractivity contribution in [1.82, 2.24) is 14.7 Å². The average Bonchev–Trinajstić information content (AvgIpc) is 2.87. The third kappa shape index (κ3) is 2.92. The van der Waals surface area contributed by atoms with E-state index in [-0.39, 0.29) is 18.0 Å². The van der Waals surface area contributed by atoms with Gasteiger partial charge in [0.15, 0.2) is 0 Å². The monoisotopic (exact) mass is 303 g/mol. The van der Waals surface area contributed by atoms with E-state index in [1.165, 1.54) is 0 Å². The minimum atomic E-state index is -0.259. The number of carbonyl (C=O) groups excluding carboxylic acids is 2. The summed E-state index contributed by atoms with van der Waals surface area (Å²) in [5.41, 5.74) is 1.83. The first-order valence-electron chi connectivity index (χ1n) is 7.51. The third-order valence-electron chi connectivity index (χ3n) is 4.08. The van der Waals surface area contributed by atoms with Gasteiger partial charge in [0.2, 0.25) is 0 Å². The number of amides is 2. The highest BCUT2D eigenvalue weighted by molar-refractivity contribution is 5.94. The summed E-state index contributed by atoms with van der Waals surface area (Å²) in [5, 5.41) is 0. The molecular weight excluding hydrogens is 282 g/mol. The molecule has 0 bridgehead atoms. The Morgan fingerprint density at radius 3 is 2.95 bits per heavy atom. The number of ether oxygens (including phenoxy) is 1. The molecule has 6 nitrogen and oxygen atoms in total.